The maximum absolute atomic E-state index is 14.0. The SMILES string of the molecule is O=C(O)c1ccc(N2C(=O)c3ccc4c5ccc6c7c(ccc(c8ccc(c3c48)C2=O)c75)C(=O)N(c2ccc(COOO)cc2)C6=O)cc1. The molecule has 2 aliphatic rings. The van der Waals surface area contributed by atoms with Gasteiger partial charge in [0.25, 0.3) is 23.6 Å². The van der Waals surface area contributed by atoms with Crippen LogP contribution in [0.2, 0.25) is 0 Å². The molecule has 2 N–H and O–H groups in total. The summed E-state index contributed by atoms with van der Waals surface area (Å²) in [5.41, 5.74) is 2.69. The molecular formula is C38H20N2O9. The van der Waals surface area contributed by atoms with E-state index in [9.17, 15) is 29.1 Å². The third kappa shape index (κ3) is 3.85. The molecule has 2 heterocycles. The Bertz CT molecular complexity index is 2530. The van der Waals surface area contributed by atoms with Crippen molar-refractivity contribution >= 4 is 84.1 Å². The van der Waals surface area contributed by atoms with Crippen molar-refractivity contribution in [2.75, 3.05) is 9.80 Å². The summed E-state index contributed by atoms with van der Waals surface area (Å²) < 4.78 is 0. The van der Waals surface area contributed by atoms with E-state index in [4.69, 9.17) is 5.26 Å². The fraction of sp³-hybridized carbons (Fsp3) is 0.0263. The lowest BCUT2D eigenvalue weighted by atomic mass is 9.82. The largest absolute Gasteiger partial charge is 0.478 e. The van der Waals surface area contributed by atoms with Crippen LogP contribution in [0.4, 0.5) is 11.4 Å². The number of aromatic carboxylic acids is 1. The van der Waals surface area contributed by atoms with Crippen molar-refractivity contribution < 1.29 is 44.3 Å². The average Bonchev–Trinajstić information content (AvgIpc) is 3.12. The van der Waals surface area contributed by atoms with Crippen molar-refractivity contribution in [3.05, 3.63) is 130 Å². The molecular weight excluding hydrogens is 628 g/mol. The number of rotatable bonds is 6. The average molecular weight is 649 g/mol. The van der Waals surface area contributed by atoms with E-state index in [0.717, 1.165) is 42.1 Å². The van der Waals surface area contributed by atoms with Gasteiger partial charge in [-0.3, -0.25) is 19.2 Å². The molecule has 4 amide bonds. The molecule has 0 aliphatic carbocycles. The normalized spacial score (nSPS) is 14.3. The number of nitrogens with zero attached hydrogens (tertiary/aromatic N) is 2. The zero-order valence-corrected chi connectivity index (χ0v) is 25.1. The van der Waals surface area contributed by atoms with Gasteiger partial charge in [-0.05, 0) is 98.5 Å². The van der Waals surface area contributed by atoms with Crippen LogP contribution >= 0.6 is 0 Å². The third-order valence-corrected chi connectivity index (χ3v) is 9.48. The molecule has 49 heavy (non-hydrogen) atoms. The Morgan fingerprint density at radius 3 is 1.22 bits per heavy atom. The van der Waals surface area contributed by atoms with Crippen LogP contribution < -0.4 is 9.80 Å². The monoisotopic (exact) mass is 648 g/mol. The van der Waals surface area contributed by atoms with E-state index in [-0.39, 0.29) is 17.9 Å². The number of hydrogen-bond donors (Lipinski definition) is 2. The topological polar surface area (TPSA) is 151 Å². The summed E-state index contributed by atoms with van der Waals surface area (Å²) in [6, 6.07) is 26.2. The van der Waals surface area contributed by atoms with Crippen LogP contribution in [-0.4, -0.2) is 40.0 Å². The van der Waals surface area contributed by atoms with E-state index in [1.54, 1.807) is 48.5 Å². The minimum Gasteiger partial charge on any atom is -0.478 e. The van der Waals surface area contributed by atoms with Gasteiger partial charge in [0, 0.05) is 33.0 Å². The lowest BCUT2D eigenvalue weighted by Gasteiger charge is -2.30. The Morgan fingerprint density at radius 1 is 0.510 bits per heavy atom. The first kappa shape index (κ1) is 28.7. The van der Waals surface area contributed by atoms with Crippen LogP contribution in [0.3, 0.4) is 0 Å². The van der Waals surface area contributed by atoms with Gasteiger partial charge in [0.2, 0.25) is 0 Å². The highest BCUT2D eigenvalue weighted by Crippen LogP contribution is 2.47. The van der Waals surface area contributed by atoms with Crippen LogP contribution in [0, 0.1) is 0 Å². The fourth-order valence-electron chi connectivity index (χ4n) is 7.33. The maximum Gasteiger partial charge on any atom is 0.335 e. The number of carboxylic acid groups (broad SMARTS) is 1. The minimum atomic E-state index is -1.12. The predicted octanol–water partition coefficient (Wildman–Crippen LogP) is 6.96. The molecule has 9 rings (SSSR count). The van der Waals surface area contributed by atoms with E-state index in [1.165, 1.54) is 24.3 Å². The third-order valence-electron chi connectivity index (χ3n) is 9.48. The van der Waals surface area contributed by atoms with Crippen LogP contribution in [0.15, 0.2) is 97.1 Å². The Kier molecular flexibility index (Phi) is 5.99. The number of carbonyl (C=O) groups is 5. The molecule has 0 radical (unpaired) electrons. The van der Waals surface area contributed by atoms with E-state index < -0.39 is 29.6 Å². The van der Waals surface area contributed by atoms with Gasteiger partial charge in [0.05, 0.1) is 16.9 Å². The van der Waals surface area contributed by atoms with Crippen molar-refractivity contribution in [3.63, 3.8) is 0 Å². The Labute approximate surface area is 274 Å². The highest BCUT2D eigenvalue weighted by molar-refractivity contribution is 6.45. The molecule has 0 bridgehead atoms. The van der Waals surface area contributed by atoms with E-state index in [0.29, 0.717) is 44.3 Å². The molecule has 0 aromatic heterocycles. The van der Waals surface area contributed by atoms with Crippen LogP contribution in [0.1, 0.15) is 57.4 Å². The number of benzene rings is 7. The molecule has 7 aromatic rings. The van der Waals surface area contributed by atoms with Crippen LogP contribution in [-0.2, 0) is 16.5 Å². The number of anilines is 2. The van der Waals surface area contributed by atoms with Crippen molar-refractivity contribution in [2.45, 2.75) is 6.61 Å². The molecule has 0 saturated carbocycles. The Balaban J connectivity index is 1.21. The number of hydrogen-bond acceptors (Lipinski definition) is 8. The molecule has 0 spiro atoms. The van der Waals surface area contributed by atoms with Crippen molar-refractivity contribution in [1.29, 1.82) is 0 Å². The fourth-order valence-corrected chi connectivity index (χ4v) is 7.33. The summed E-state index contributed by atoms with van der Waals surface area (Å²) in [5, 5.41) is 27.0. The molecule has 11 heteroatoms. The number of amides is 4. The minimum absolute atomic E-state index is 0.0323. The summed E-state index contributed by atoms with van der Waals surface area (Å²) in [6.07, 6.45) is 0. The smallest absolute Gasteiger partial charge is 0.335 e. The number of fused-ring (bicyclic) bond motifs is 2. The molecule has 0 atom stereocenters. The number of carbonyl (C=O) groups excluding carboxylic acids is 4. The zero-order chi connectivity index (χ0) is 33.7. The van der Waals surface area contributed by atoms with Gasteiger partial charge in [-0.2, -0.15) is 0 Å². The standard InChI is InChI=1S/C38H20N2O9/c41-34-26-13-9-22-24-11-15-28-33-29(37(44)40(36(28)43)21-7-3-19(4-8-21)38(45)46)16-12-25(31(24)33)23-10-14-27(32(26)30(22)23)35(42)39(34)20-5-1-18(2-6-20)17-48-49-47/h1-16,47H,17H2,(H,45,46). The van der Waals surface area contributed by atoms with E-state index >= 15 is 0 Å². The summed E-state index contributed by atoms with van der Waals surface area (Å²) in [4.78, 5) is 73.8. The summed E-state index contributed by atoms with van der Waals surface area (Å²) in [6.45, 7) is -0.0352. The molecule has 0 saturated heterocycles. The zero-order valence-electron chi connectivity index (χ0n) is 25.1. The quantitative estimate of drug-likeness (QED) is 0.0641. The maximum atomic E-state index is 14.0. The molecule has 236 valence electrons. The summed E-state index contributed by atoms with van der Waals surface area (Å²) >= 11 is 0. The second-order valence-corrected chi connectivity index (χ2v) is 11.9. The lowest BCUT2D eigenvalue weighted by molar-refractivity contribution is -0.496. The molecule has 2 aliphatic heterocycles. The number of imide groups is 2. The highest BCUT2D eigenvalue weighted by atomic mass is 17.5. The second-order valence-electron chi connectivity index (χ2n) is 11.9. The predicted molar refractivity (Wildman–Crippen MR) is 178 cm³/mol. The van der Waals surface area contributed by atoms with Crippen molar-refractivity contribution in [2.24, 2.45) is 0 Å². The van der Waals surface area contributed by atoms with E-state index in [2.05, 4.69) is 9.93 Å². The van der Waals surface area contributed by atoms with Gasteiger partial charge in [0.15, 0.2) is 0 Å². The Morgan fingerprint density at radius 2 is 0.878 bits per heavy atom. The van der Waals surface area contributed by atoms with Gasteiger partial charge in [0.1, 0.15) is 6.61 Å². The first-order valence-electron chi connectivity index (χ1n) is 15.1. The summed E-state index contributed by atoms with van der Waals surface area (Å²) in [5.74, 6) is -3.13. The van der Waals surface area contributed by atoms with Crippen molar-refractivity contribution in [1.82, 2.24) is 0 Å². The summed E-state index contributed by atoms with van der Waals surface area (Å²) in [7, 11) is 0. The van der Waals surface area contributed by atoms with Crippen LogP contribution in [0.5, 0.6) is 0 Å². The first-order chi connectivity index (χ1) is 23.8. The van der Waals surface area contributed by atoms with Gasteiger partial charge >= 0.3 is 5.97 Å². The second kappa shape index (κ2) is 10.2. The van der Waals surface area contributed by atoms with Crippen LogP contribution in [0.25, 0.3) is 43.1 Å². The van der Waals surface area contributed by atoms with E-state index in [1.807, 2.05) is 24.3 Å². The van der Waals surface area contributed by atoms with Gasteiger partial charge < -0.3 is 5.11 Å². The van der Waals surface area contributed by atoms with Gasteiger partial charge in [-0.1, -0.05) is 41.4 Å². The molecule has 11 nitrogen and oxygen atoms in total. The number of carboxylic acids is 1. The van der Waals surface area contributed by atoms with Gasteiger partial charge in [-0.25, -0.2) is 24.7 Å². The molecule has 0 fully saturated rings. The molecule has 0 unspecified atom stereocenters. The lowest BCUT2D eigenvalue weighted by Crippen LogP contribution is -2.40. The highest BCUT2D eigenvalue weighted by Gasteiger charge is 2.38. The molecule has 7 aromatic carbocycles. The first-order valence-corrected chi connectivity index (χ1v) is 15.1. The Hall–Kier alpha value is -6.53. The van der Waals surface area contributed by atoms with Gasteiger partial charge in [-0.15, -0.1) is 0 Å². The van der Waals surface area contributed by atoms with Crippen molar-refractivity contribution in [3.8, 4) is 0 Å².